The lowest BCUT2D eigenvalue weighted by Crippen LogP contribution is -2.23. The number of hydrogen-bond acceptors (Lipinski definition) is 2. The van der Waals surface area contributed by atoms with Crippen molar-refractivity contribution in [3.05, 3.63) is 11.6 Å². The number of methoxy groups -OCH3 is 1. The average molecular weight is 196 g/mol. The third-order valence-electron chi connectivity index (χ3n) is 2.86. The zero-order valence-corrected chi connectivity index (χ0v) is 9.54. The van der Waals surface area contributed by atoms with Crippen molar-refractivity contribution in [2.24, 2.45) is 11.8 Å². The van der Waals surface area contributed by atoms with Crippen molar-refractivity contribution in [2.75, 3.05) is 7.11 Å². The second-order valence-corrected chi connectivity index (χ2v) is 4.24. The van der Waals surface area contributed by atoms with E-state index in [0.29, 0.717) is 11.7 Å². The first-order valence-corrected chi connectivity index (χ1v) is 5.40. The fourth-order valence-electron chi connectivity index (χ4n) is 2.05. The minimum atomic E-state index is 0.0137. The summed E-state index contributed by atoms with van der Waals surface area (Å²) in [4.78, 5) is 12.0. The molecule has 0 bridgehead atoms. The summed E-state index contributed by atoms with van der Waals surface area (Å²) < 4.78 is 5.33. The molecule has 1 rings (SSSR count). The molecule has 2 unspecified atom stereocenters. The Morgan fingerprint density at radius 3 is 2.57 bits per heavy atom. The number of Topliss-reactive ketones (excluding diaryl/α,β-unsaturated/α-hetero) is 1. The van der Waals surface area contributed by atoms with Gasteiger partial charge in [-0.2, -0.15) is 0 Å². The summed E-state index contributed by atoms with van der Waals surface area (Å²) in [6, 6.07) is 0. The molecule has 0 N–H and O–H groups in total. The fraction of sp³-hybridized carbons (Fsp3) is 0.750. The van der Waals surface area contributed by atoms with E-state index >= 15 is 0 Å². The van der Waals surface area contributed by atoms with Crippen LogP contribution in [0.15, 0.2) is 11.6 Å². The van der Waals surface area contributed by atoms with Crippen LogP contribution < -0.4 is 0 Å². The topological polar surface area (TPSA) is 26.3 Å². The first-order chi connectivity index (χ1) is 6.61. The highest BCUT2D eigenvalue weighted by atomic mass is 16.5. The summed E-state index contributed by atoms with van der Waals surface area (Å²) >= 11 is 0. The normalized spacial score (nSPS) is 27.2. The molecule has 2 atom stereocenters. The molecule has 80 valence electrons. The second kappa shape index (κ2) is 4.74. The highest BCUT2D eigenvalue weighted by molar-refractivity contribution is 6.00. The van der Waals surface area contributed by atoms with Crippen LogP contribution in [-0.4, -0.2) is 19.0 Å². The summed E-state index contributed by atoms with van der Waals surface area (Å²) in [5.41, 5.74) is 0.954. The number of carbonyl (C=O) groups is 1. The third-order valence-corrected chi connectivity index (χ3v) is 2.86. The Hall–Kier alpha value is -0.630. The van der Waals surface area contributed by atoms with E-state index in [1.807, 2.05) is 6.08 Å². The van der Waals surface area contributed by atoms with E-state index in [4.69, 9.17) is 4.74 Å². The Kier molecular flexibility index (Phi) is 3.87. The molecule has 1 aliphatic rings. The minimum absolute atomic E-state index is 0.0137. The molecule has 2 heteroatoms. The zero-order chi connectivity index (χ0) is 10.7. The highest BCUT2D eigenvalue weighted by Gasteiger charge is 2.35. The SMILES string of the molecule is CCCC1C(=O)C(C(C)C)=CC1OC. The smallest absolute Gasteiger partial charge is 0.164 e. The Bertz CT molecular complexity index is 241. The van der Waals surface area contributed by atoms with Crippen LogP contribution in [0.4, 0.5) is 0 Å². The van der Waals surface area contributed by atoms with E-state index in [1.165, 1.54) is 0 Å². The van der Waals surface area contributed by atoms with Gasteiger partial charge in [0.05, 0.1) is 12.0 Å². The fourth-order valence-corrected chi connectivity index (χ4v) is 2.05. The number of carbonyl (C=O) groups excluding carboxylic acids is 1. The summed E-state index contributed by atoms with van der Waals surface area (Å²) in [7, 11) is 1.68. The van der Waals surface area contributed by atoms with E-state index in [1.54, 1.807) is 7.11 Å². The van der Waals surface area contributed by atoms with Crippen LogP contribution >= 0.6 is 0 Å². The lowest BCUT2D eigenvalue weighted by atomic mass is 9.93. The van der Waals surface area contributed by atoms with E-state index in [2.05, 4.69) is 20.8 Å². The molecule has 0 amide bonds. The molecule has 0 saturated carbocycles. The lowest BCUT2D eigenvalue weighted by Gasteiger charge is -2.15. The van der Waals surface area contributed by atoms with Crippen molar-refractivity contribution >= 4 is 5.78 Å². The van der Waals surface area contributed by atoms with Gasteiger partial charge in [-0.15, -0.1) is 0 Å². The van der Waals surface area contributed by atoms with Crippen LogP contribution in [0.25, 0.3) is 0 Å². The van der Waals surface area contributed by atoms with Gasteiger partial charge in [-0.05, 0) is 24.0 Å². The molecular formula is C12H20O2. The number of ketones is 1. The molecule has 0 aromatic rings. The van der Waals surface area contributed by atoms with Gasteiger partial charge < -0.3 is 4.74 Å². The van der Waals surface area contributed by atoms with Crippen molar-refractivity contribution in [1.29, 1.82) is 0 Å². The van der Waals surface area contributed by atoms with Crippen LogP contribution in [0.1, 0.15) is 33.6 Å². The van der Waals surface area contributed by atoms with Gasteiger partial charge in [0.15, 0.2) is 5.78 Å². The maximum Gasteiger partial charge on any atom is 0.164 e. The number of hydrogen-bond donors (Lipinski definition) is 0. The molecule has 0 saturated heterocycles. The number of ether oxygens (including phenoxy) is 1. The predicted octanol–water partition coefficient (Wildman–Crippen LogP) is 2.58. The number of rotatable bonds is 4. The first-order valence-electron chi connectivity index (χ1n) is 5.40. The van der Waals surface area contributed by atoms with E-state index < -0.39 is 0 Å². The lowest BCUT2D eigenvalue weighted by molar-refractivity contribution is -0.121. The summed E-state index contributed by atoms with van der Waals surface area (Å²) in [5.74, 6) is 0.693. The molecule has 0 fully saturated rings. The van der Waals surface area contributed by atoms with Gasteiger partial charge in [0, 0.05) is 7.11 Å². The molecule has 0 aliphatic heterocycles. The van der Waals surface area contributed by atoms with Crippen molar-refractivity contribution in [2.45, 2.75) is 39.7 Å². The van der Waals surface area contributed by atoms with Crippen LogP contribution in [0.3, 0.4) is 0 Å². The molecule has 1 aliphatic carbocycles. The Morgan fingerprint density at radius 1 is 1.50 bits per heavy atom. The third kappa shape index (κ3) is 2.06. The Morgan fingerprint density at radius 2 is 2.14 bits per heavy atom. The maximum atomic E-state index is 12.0. The zero-order valence-electron chi connectivity index (χ0n) is 9.54. The predicted molar refractivity (Wildman–Crippen MR) is 57.1 cm³/mol. The molecule has 0 radical (unpaired) electrons. The van der Waals surface area contributed by atoms with Gasteiger partial charge in [-0.3, -0.25) is 4.79 Å². The Labute approximate surface area is 86.3 Å². The maximum absolute atomic E-state index is 12.0. The van der Waals surface area contributed by atoms with Crippen LogP contribution in [0, 0.1) is 11.8 Å². The summed E-state index contributed by atoms with van der Waals surface area (Å²) in [6.45, 7) is 6.23. The van der Waals surface area contributed by atoms with E-state index in [-0.39, 0.29) is 12.0 Å². The van der Waals surface area contributed by atoms with E-state index in [0.717, 1.165) is 18.4 Å². The average Bonchev–Trinajstić information content (AvgIpc) is 2.45. The molecular weight excluding hydrogens is 176 g/mol. The second-order valence-electron chi connectivity index (χ2n) is 4.24. The van der Waals surface area contributed by atoms with E-state index in [9.17, 15) is 4.79 Å². The van der Waals surface area contributed by atoms with Gasteiger partial charge in [-0.25, -0.2) is 0 Å². The van der Waals surface area contributed by atoms with Crippen molar-refractivity contribution in [3.63, 3.8) is 0 Å². The molecule has 0 heterocycles. The van der Waals surface area contributed by atoms with Gasteiger partial charge in [0.1, 0.15) is 0 Å². The standard InChI is InChI=1S/C12H20O2/c1-5-6-9-11(14-4)7-10(8(2)3)12(9)13/h7-9,11H,5-6H2,1-4H3. The molecule has 0 aromatic carbocycles. The van der Waals surface area contributed by atoms with Gasteiger partial charge in [0.25, 0.3) is 0 Å². The van der Waals surface area contributed by atoms with Crippen LogP contribution in [0.5, 0.6) is 0 Å². The van der Waals surface area contributed by atoms with Crippen molar-refractivity contribution in [1.82, 2.24) is 0 Å². The monoisotopic (exact) mass is 196 g/mol. The Balaban J connectivity index is 2.79. The summed E-state index contributed by atoms with van der Waals surface area (Å²) in [6.07, 6.45) is 3.99. The van der Waals surface area contributed by atoms with Crippen LogP contribution in [0.2, 0.25) is 0 Å². The van der Waals surface area contributed by atoms with Gasteiger partial charge >= 0.3 is 0 Å². The molecule has 0 aromatic heterocycles. The first kappa shape index (κ1) is 11.4. The van der Waals surface area contributed by atoms with Gasteiger partial charge in [-0.1, -0.05) is 27.2 Å². The number of allylic oxidation sites excluding steroid dienone is 1. The van der Waals surface area contributed by atoms with Gasteiger partial charge in [0.2, 0.25) is 0 Å². The molecule has 14 heavy (non-hydrogen) atoms. The quantitative estimate of drug-likeness (QED) is 0.690. The molecule has 2 nitrogen and oxygen atoms in total. The largest absolute Gasteiger partial charge is 0.377 e. The van der Waals surface area contributed by atoms with Crippen molar-refractivity contribution < 1.29 is 9.53 Å². The highest BCUT2D eigenvalue weighted by Crippen LogP contribution is 2.31. The summed E-state index contributed by atoms with van der Waals surface area (Å²) in [5, 5.41) is 0. The minimum Gasteiger partial charge on any atom is -0.377 e. The molecule has 0 spiro atoms. The van der Waals surface area contributed by atoms with Crippen molar-refractivity contribution in [3.8, 4) is 0 Å². The van der Waals surface area contributed by atoms with Crippen LogP contribution in [-0.2, 0) is 9.53 Å².